The normalized spacial score (nSPS) is 18.1. The molecule has 3 aromatic rings. The van der Waals surface area contributed by atoms with E-state index in [2.05, 4.69) is 10.3 Å². The molecule has 178 valence electrons. The van der Waals surface area contributed by atoms with Gasteiger partial charge in [0.2, 0.25) is 17.7 Å². The summed E-state index contributed by atoms with van der Waals surface area (Å²) in [5.74, 6) is -0.870. The van der Waals surface area contributed by atoms with Gasteiger partial charge in [0.25, 0.3) is 0 Å². The first-order chi connectivity index (χ1) is 16.3. The van der Waals surface area contributed by atoms with Gasteiger partial charge in [-0.25, -0.2) is 4.98 Å². The van der Waals surface area contributed by atoms with Crippen molar-refractivity contribution >= 4 is 23.4 Å². The Morgan fingerprint density at radius 1 is 1.21 bits per heavy atom. The molecule has 0 unspecified atom stereocenters. The van der Waals surface area contributed by atoms with E-state index in [0.29, 0.717) is 13.0 Å². The van der Waals surface area contributed by atoms with Gasteiger partial charge in [-0.15, -0.1) is 0 Å². The van der Waals surface area contributed by atoms with Gasteiger partial charge in [0, 0.05) is 45.5 Å². The van der Waals surface area contributed by atoms with Crippen LogP contribution in [0.1, 0.15) is 41.6 Å². The highest BCUT2D eigenvalue weighted by Crippen LogP contribution is 2.41. The predicted octanol–water partition coefficient (Wildman–Crippen LogP) is 2.69. The van der Waals surface area contributed by atoms with Crippen molar-refractivity contribution in [1.82, 2.24) is 19.6 Å². The molecule has 0 bridgehead atoms. The molecule has 8 nitrogen and oxygen atoms in total. The first-order valence-electron chi connectivity index (χ1n) is 11.4. The summed E-state index contributed by atoms with van der Waals surface area (Å²) in [5, 5.41) is 2.90. The van der Waals surface area contributed by atoms with Crippen LogP contribution >= 0.6 is 0 Å². The van der Waals surface area contributed by atoms with Crippen LogP contribution in [0.25, 0.3) is 5.65 Å². The van der Waals surface area contributed by atoms with E-state index < -0.39 is 5.41 Å². The van der Waals surface area contributed by atoms with E-state index >= 15 is 0 Å². The number of methoxy groups -OCH3 is 1. The molecule has 4 rings (SSSR count). The molecule has 0 radical (unpaired) electrons. The molecule has 34 heavy (non-hydrogen) atoms. The molecule has 1 fully saturated rings. The molecule has 1 aromatic carbocycles. The van der Waals surface area contributed by atoms with Crippen molar-refractivity contribution in [3.8, 4) is 0 Å². The van der Waals surface area contributed by atoms with Gasteiger partial charge in [-0.1, -0.05) is 24.3 Å². The number of imidazole rings is 1. The van der Waals surface area contributed by atoms with Gasteiger partial charge in [-0.05, 0) is 49.1 Å². The Balaban J connectivity index is 1.55. The van der Waals surface area contributed by atoms with E-state index in [1.165, 1.54) is 4.90 Å². The van der Waals surface area contributed by atoms with Gasteiger partial charge in [-0.3, -0.25) is 19.3 Å². The summed E-state index contributed by atoms with van der Waals surface area (Å²) in [6.45, 7) is 4.87. The Labute approximate surface area is 198 Å². The topological polar surface area (TPSA) is 93.0 Å². The summed E-state index contributed by atoms with van der Waals surface area (Å²) in [5.41, 5.74) is 3.03. The Bertz CT molecular complexity index is 1230. The van der Waals surface area contributed by atoms with E-state index in [9.17, 15) is 14.4 Å². The molecule has 3 amide bonds. The highest BCUT2D eigenvalue weighted by molar-refractivity contribution is 6.10. The number of likely N-dealkylation sites (tertiary alicyclic amines) is 1. The summed E-state index contributed by atoms with van der Waals surface area (Å²) in [7, 11) is 1.58. The van der Waals surface area contributed by atoms with Gasteiger partial charge in [0.15, 0.2) is 0 Å². The second kappa shape index (κ2) is 9.77. The number of aromatic nitrogens is 2. The van der Waals surface area contributed by atoms with Crippen molar-refractivity contribution in [1.29, 1.82) is 0 Å². The van der Waals surface area contributed by atoms with Crippen molar-refractivity contribution in [2.75, 3.05) is 20.3 Å². The third-order valence-corrected chi connectivity index (χ3v) is 6.39. The summed E-state index contributed by atoms with van der Waals surface area (Å²) in [6.07, 6.45) is 4.23. The molecule has 1 atom stereocenters. The van der Waals surface area contributed by atoms with Gasteiger partial charge >= 0.3 is 0 Å². The first-order valence-corrected chi connectivity index (χ1v) is 11.4. The van der Waals surface area contributed by atoms with Crippen LogP contribution in [0, 0.1) is 13.8 Å². The highest BCUT2D eigenvalue weighted by atomic mass is 16.5. The zero-order valence-electron chi connectivity index (χ0n) is 19.8. The van der Waals surface area contributed by atoms with Gasteiger partial charge in [-0.2, -0.15) is 0 Å². The van der Waals surface area contributed by atoms with Crippen LogP contribution in [-0.2, 0) is 31.1 Å². The van der Waals surface area contributed by atoms with Crippen LogP contribution < -0.4 is 5.32 Å². The minimum Gasteiger partial charge on any atom is -0.385 e. The Morgan fingerprint density at radius 2 is 2.00 bits per heavy atom. The van der Waals surface area contributed by atoms with Crippen molar-refractivity contribution in [2.45, 2.75) is 45.1 Å². The minimum absolute atomic E-state index is 0.0231. The molecule has 0 spiro atoms. The average Bonchev–Trinajstić information content (AvgIpc) is 3.31. The quantitative estimate of drug-likeness (QED) is 0.390. The number of pyridine rings is 1. The van der Waals surface area contributed by atoms with Gasteiger partial charge in [0.1, 0.15) is 5.65 Å². The minimum atomic E-state index is -1.21. The van der Waals surface area contributed by atoms with Gasteiger partial charge in [0.05, 0.1) is 17.7 Å². The summed E-state index contributed by atoms with van der Waals surface area (Å²) in [4.78, 5) is 45.4. The maximum absolute atomic E-state index is 13.6. The number of nitrogens with zero attached hydrogens (tertiary/aromatic N) is 3. The Kier molecular flexibility index (Phi) is 6.79. The number of carbonyl (C=O) groups is 3. The lowest BCUT2D eigenvalue weighted by Gasteiger charge is -2.28. The highest BCUT2D eigenvalue weighted by Gasteiger charge is 2.53. The number of hydrogen-bond acceptors (Lipinski definition) is 5. The number of hydrogen-bond donors (Lipinski definition) is 1. The van der Waals surface area contributed by atoms with Crippen LogP contribution in [0.15, 0.2) is 48.8 Å². The molecule has 0 saturated carbocycles. The third-order valence-electron chi connectivity index (χ3n) is 6.39. The molecule has 3 heterocycles. The molecule has 8 heteroatoms. The molecule has 1 N–H and O–H groups in total. The fourth-order valence-corrected chi connectivity index (χ4v) is 4.69. The lowest BCUT2D eigenvalue weighted by Crippen LogP contribution is -2.43. The molecular formula is C26H30N4O4. The number of carbonyl (C=O) groups excluding carboxylic acids is 3. The standard InChI is InChI=1S/C26H30N4O4/c1-18-9-11-29-17-20(28-22(29)13-18)16-27-23(31)14-26(21-8-5-4-7-19(21)2)15-24(32)30(25(26)33)10-6-12-34-3/h4-5,7-9,11,13,17H,6,10,12,14-16H2,1-3H3,(H,27,31)/t26-/m0/s1. The Hall–Kier alpha value is -3.52. The maximum Gasteiger partial charge on any atom is 0.240 e. The monoisotopic (exact) mass is 462 g/mol. The third kappa shape index (κ3) is 4.59. The number of benzene rings is 1. The molecule has 1 aliphatic rings. The summed E-state index contributed by atoms with van der Waals surface area (Å²) < 4.78 is 6.98. The van der Waals surface area contributed by atoms with Crippen LogP contribution in [0.3, 0.4) is 0 Å². The lowest BCUT2D eigenvalue weighted by atomic mass is 9.74. The predicted molar refractivity (Wildman–Crippen MR) is 127 cm³/mol. The second-order valence-corrected chi connectivity index (χ2v) is 8.93. The number of imide groups is 1. The summed E-state index contributed by atoms with van der Waals surface area (Å²) >= 11 is 0. The number of rotatable bonds is 9. The number of aryl methyl sites for hydroxylation is 2. The molecule has 1 aliphatic heterocycles. The number of amides is 3. The van der Waals surface area contributed by atoms with Crippen molar-refractivity contribution in [2.24, 2.45) is 0 Å². The lowest BCUT2D eigenvalue weighted by molar-refractivity contribution is -0.141. The second-order valence-electron chi connectivity index (χ2n) is 8.93. The summed E-state index contributed by atoms with van der Waals surface area (Å²) in [6, 6.07) is 11.4. The van der Waals surface area contributed by atoms with E-state index in [0.717, 1.165) is 28.0 Å². The van der Waals surface area contributed by atoms with Crippen LogP contribution in [0.5, 0.6) is 0 Å². The van der Waals surface area contributed by atoms with E-state index in [-0.39, 0.29) is 43.7 Å². The van der Waals surface area contributed by atoms with E-state index in [1.807, 2.05) is 67.0 Å². The van der Waals surface area contributed by atoms with E-state index in [4.69, 9.17) is 4.74 Å². The fraction of sp³-hybridized carbons (Fsp3) is 0.385. The smallest absolute Gasteiger partial charge is 0.240 e. The largest absolute Gasteiger partial charge is 0.385 e. The molecular weight excluding hydrogens is 432 g/mol. The zero-order chi connectivity index (χ0) is 24.3. The first kappa shape index (κ1) is 23.6. The fourth-order valence-electron chi connectivity index (χ4n) is 4.69. The van der Waals surface area contributed by atoms with Crippen molar-refractivity contribution < 1.29 is 19.1 Å². The van der Waals surface area contributed by atoms with Crippen LogP contribution in [0.4, 0.5) is 0 Å². The van der Waals surface area contributed by atoms with Gasteiger partial charge < -0.3 is 14.5 Å². The van der Waals surface area contributed by atoms with Crippen LogP contribution in [-0.4, -0.2) is 52.3 Å². The van der Waals surface area contributed by atoms with Crippen molar-refractivity contribution in [3.05, 3.63) is 71.2 Å². The SMILES string of the molecule is COCCCN1C(=O)C[C@@](CC(=O)NCc2cn3ccc(C)cc3n2)(c2ccccc2C)C1=O. The van der Waals surface area contributed by atoms with Crippen LogP contribution in [0.2, 0.25) is 0 Å². The molecule has 0 aliphatic carbocycles. The maximum atomic E-state index is 13.6. The Morgan fingerprint density at radius 3 is 2.76 bits per heavy atom. The molecule has 1 saturated heterocycles. The zero-order valence-corrected chi connectivity index (χ0v) is 19.8. The molecule has 2 aromatic heterocycles. The van der Waals surface area contributed by atoms with E-state index in [1.54, 1.807) is 7.11 Å². The number of ether oxygens (including phenoxy) is 1. The van der Waals surface area contributed by atoms with Crippen molar-refractivity contribution in [3.63, 3.8) is 0 Å². The number of fused-ring (bicyclic) bond motifs is 1. The average molecular weight is 463 g/mol. The number of nitrogens with one attached hydrogen (secondary N) is 1.